The zero-order chi connectivity index (χ0) is 14.0. The van der Waals surface area contributed by atoms with Crippen LogP contribution in [0.5, 0.6) is 0 Å². The summed E-state index contributed by atoms with van der Waals surface area (Å²) in [7, 11) is 0. The van der Waals surface area contributed by atoms with Gasteiger partial charge in [0.15, 0.2) is 0 Å². The molecule has 0 aliphatic heterocycles. The molecule has 0 spiro atoms. The van der Waals surface area contributed by atoms with Crippen LogP contribution in [0.25, 0.3) is 0 Å². The van der Waals surface area contributed by atoms with Gasteiger partial charge in [-0.15, -0.1) is 0 Å². The number of nitriles is 1. The lowest BCUT2D eigenvalue weighted by molar-refractivity contribution is 0.623. The zero-order valence-electron chi connectivity index (χ0n) is 10.9. The molecule has 2 N–H and O–H groups in total. The SMILES string of the molecule is CC(C)c1nn(Cc2ccc(F)cc2)c(N)c1C#N. The first kappa shape index (κ1) is 13.1. The van der Waals surface area contributed by atoms with Crippen molar-refractivity contribution >= 4 is 5.82 Å². The lowest BCUT2D eigenvalue weighted by atomic mass is 10.1. The maximum absolute atomic E-state index is 12.8. The Bertz CT molecular complexity index is 620. The summed E-state index contributed by atoms with van der Waals surface area (Å²) in [5.74, 6) is 0.208. The van der Waals surface area contributed by atoms with Gasteiger partial charge in [0.05, 0.1) is 12.2 Å². The van der Waals surface area contributed by atoms with Gasteiger partial charge in [0.25, 0.3) is 0 Å². The first-order valence-electron chi connectivity index (χ1n) is 6.03. The van der Waals surface area contributed by atoms with Gasteiger partial charge < -0.3 is 5.73 Å². The van der Waals surface area contributed by atoms with E-state index in [1.54, 1.807) is 16.8 Å². The van der Waals surface area contributed by atoms with E-state index in [0.717, 1.165) is 5.56 Å². The van der Waals surface area contributed by atoms with Crippen LogP contribution in [0.1, 0.15) is 36.6 Å². The van der Waals surface area contributed by atoms with E-state index in [-0.39, 0.29) is 11.7 Å². The lowest BCUT2D eigenvalue weighted by Gasteiger charge is -2.04. The minimum atomic E-state index is -0.280. The van der Waals surface area contributed by atoms with E-state index in [1.807, 2.05) is 13.8 Å². The standard InChI is InChI=1S/C14H15FN4/c1-9(2)13-12(7-16)14(17)19(18-13)8-10-3-5-11(15)6-4-10/h3-6,9H,8,17H2,1-2H3. The molecule has 2 aromatic rings. The van der Waals surface area contributed by atoms with Crippen LogP contribution in [0.15, 0.2) is 24.3 Å². The Hall–Kier alpha value is -2.35. The smallest absolute Gasteiger partial charge is 0.140 e. The molecule has 98 valence electrons. The van der Waals surface area contributed by atoms with Crippen molar-refractivity contribution in [2.75, 3.05) is 5.73 Å². The van der Waals surface area contributed by atoms with Crippen LogP contribution in [0.4, 0.5) is 10.2 Å². The van der Waals surface area contributed by atoms with Crippen molar-refractivity contribution < 1.29 is 4.39 Å². The monoisotopic (exact) mass is 258 g/mol. The highest BCUT2D eigenvalue weighted by Gasteiger charge is 2.17. The highest BCUT2D eigenvalue weighted by atomic mass is 19.1. The summed E-state index contributed by atoms with van der Waals surface area (Å²) >= 11 is 0. The van der Waals surface area contributed by atoms with Crippen molar-refractivity contribution in [2.45, 2.75) is 26.3 Å². The first-order valence-corrected chi connectivity index (χ1v) is 6.03. The summed E-state index contributed by atoms with van der Waals surface area (Å²) < 4.78 is 14.4. The van der Waals surface area contributed by atoms with Crippen LogP contribution in [0, 0.1) is 17.1 Å². The van der Waals surface area contributed by atoms with Gasteiger partial charge in [-0.1, -0.05) is 26.0 Å². The fourth-order valence-electron chi connectivity index (χ4n) is 1.90. The predicted octanol–water partition coefficient (Wildman–Crippen LogP) is 2.65. The first-order chi connectivity index (χ1) is 9.02. The van der Waals surface area contributed by atoms with Crippen molar-refractivity contribution in [2.24, 2.45) is 0 Å². The number of hydrogen-bond acceptors (Lipinski definition) is 3. The average molecular weight is 258 g/mol. The summed E-state index contributed by atoms with van der Waals surface area (Å²) in [4.78, 5) is 0. The molecule has 1 aromatic carbocycles. The molecular formula is C14H15FN4. The highest BCUT2D eigenvalue weighted by molar-refractivity contribution is 5.53. The molecule has 1 aromatic heterocycles. The molecule has 0 fully saturated rings. The van der Waals surface area contributed by atoms with Crippen LogP contribution >= 0.6 is 0 Å². The Morgan fingerprint density at radius 2 is 2.00 bits per heavy atom. The van der Waals surface area contributed by atoms with Crippen molar-refractivity contribution in [1.82, 2.24) is 9.78 Å². The van der Waals surface area contributed by atoms with Gasteiger partial charge in [-0.3, -0.25) is 0 Å². The number of rotatable bonds is 3. The van der Waals surface area contributed by atoms with E-state index in [1.165, 1.54) is 12.1 Å². The summed E-state index contributed by atoms with van der Waals surface area (Å²) in [6.07, 6.45) is 0. The highest BCUT2D eigenvalue weighted by Crippen LogP contribution is 2.23. The number of anilines is 1. The third kappa shape index (κ3) is 2.58. The Morgan fingerprint density at radius 3 is 2.47 bits per heavy atom. The maximum atomic E-state index is 12.8. The quantitative estimate of drug-likeness (QED) is 0.920. The van der Waals surface area contributed by atoms with Crippen LogP contribution in [0.2, 0.25) is 0 Å². The number of aromatic nitrogens is 2. The predicted molar refractivity (Wildman–Crippen MR) is 70.9 cm³/mol. The van der Waals surface area contributed by atoms with Gasteiger partial charge >= 0.3 is 0 Å². The molecule has 0 aliphatic carbocycles. The Labute approximate surface area is 111 Å². The molecule has 0 saturated carbocycles. The van der Waals surface area contributed by atoms with Crippen LogP contribution in [0.3, 0.4) is 0 Å². The van der Waals surface area contributed by atoms with Crippen LogP contribution in [-0.2, 0) is 6.54 Å². The summed E-state index contributed by atoms with van der Waals surface area (Å²) in [6, 6.07) is 8.23. The summed E-state index contributed by atoms with van der Waals surface area (Å²) in [5, 5.41) is 13.5. The Kier molecular flexibility index (Phi) is 3.52. The normalized spacial score (nSPS) is 10.7. The maximum Gasteiger partial charge on any atom is 0.140 e. The molecule has 0 unspecified atom stereocenters. The van der Waals surface area contributed by atoms with Gasteiger partial charge in [0.2, 0.25) is 0 Å². The topological polar surface area (TPSA) is 67.6 Å². The van der Waals surface area contributed by atoms with E-state index in [0.29, 0.717) is 23.6 Å². The fourth-order valence-corrected chi connectivity index (χ4v) is 1.90. The summed E-state index contributed by atoms with van der Waals surface area (Å²) in [5.41, 5.74) is 7.94. The third-order valence-corrected chi connectivity index (χ3v) is 2.92. The number of nitrogen functional groups attached to an aromatic ring is 1. The molecule has 19 heavy (non-hydrogen) atoms. The Balaban J connectivity index is 2.36. The van der Waals surface area contributed by atoms with E-state index in [4.69, 9.17) is 11.0 Å². The van der Waals surface area contributed by atoms with E-state index >= 15 is 0 Å². The van der Waals surface area contributed by atoms with Crippen LogP contribution in [-0.4, -0.2) is 9.78 Å². The molecule has 0 saturated heterocycles. The number of halogens is 1. The van der Waals surface area contributed by atoms with Gasteiger partial charge in [-0.05, 0) is 23.6 Å². The number of hydrogen-bond donors (Lipinski definition) is 1. The number of benzene rings is 1. The molecule has 0 amide bonds. The Morgan fingerprint density at radius 1 is 1.37 bits per heavy atom. The van der Waals surface area contributed by atoms with Crippen LogP contribution < -0.4 is 5.73 Å². The second-order valence-corrected chi connectivity index (χ2v) is 4.70. The number of nitrogens with two attached hydrogens (primary N) is 1. The second kappa shape index (κ2) is 5.11. The minimum absolute atomic E-state index is 0.131. The molecule has 0 atom stereocenters. The minimum Gasteiger partial charge on any atom is -0.383 e. The largest absolute Gasteiger partial charge is 0.383 e. The summed E-state index contributed by atoms with van der Waals surface area (Å²) in [6.45, 7) is 4.35. The second-order valence-electron chi connectivity index (χ2n) is 4.70. The van der Waals surface area contributed by atoms with Gasteiger partial charge in [-0.25, -0.2) is 9.07 Å². The van der Waals surface area contributed by atoms with Crippen molar-refractivity contribution in [3.05, 3.63) is 46.9 Å². The average Bonchev–Trinajstić information content (AvgIpc) is 2.69. The van der Waals surface area contributed by atoms with E-state index < -0.39 is 0 Å². The van der Waals surface area contributed by atoms with E-state index in [9.17, 15) is 4.39 Å². The molecule has 1 heterocycles. The van der Waals surface area contributed by atoms with Gasteiger partial charge in [0, 0.05) is 0 Å². The molecule has 0 aliphatic rings. The zero-order valence-corrected chi connectivity index (χ0v) is 10.9. The van der Waals surface area contributed by atoms with Crippen molar-refractivity contribution in [3.8, 4) is 6.07 Å². The van der Waals surface area contributed by atoms with E-state index in [2.05, 4.69) is 11.2 Å². The molecule has 2 rings (SSSR count). The lowest BCUT2D eigenvalue weighted by Crippen LogP contribution is -2.06. The fraction of sp³-hybridized carbons (Fsp3) is 0.286. The molecular weight excluding hydrogens is 243 g/mol. The molecule has 5 heteroatoms. The van der Waals surface area contributed by atoms with Gasteiger partial charge in [-0.2, -0.15) is 10.4 Å². The number of nitrogens with zero attached hydrogens (tertiary/aromatic N) is 3. The third-order valence-electron chi connectivity index (χ3n) is 2.92. The molecule has 0 radical (unpaired) electrons. The molecule has 0 bridgehead atoms. The van der Waals surface area contributed by atoms with Crippen molar-refractivity contribution in [1.29, 1.82) is 5.26 Å². The van der Waals surface area contributed by atoms with Gasteiger partial charge in [0.1, 0.15) is 23.3 Å². The van der Waals surface area contributed by atoms with Crippen molar-refractivity contribution in [3.63, 3.8) is 0 Å². The molecule has 4 nitrogen and oxygen atoms in total.